The monoisotopic (exact) mass is 489 g/mol. The number of ether oxygens (including phenoxy) is 1. The molecule has 4 rings (SSSR count). The largest absolute Gasteiger partial charge is 0.496 e. The van der Waals surface area contributed by atoms with Gasteiger partial charge in [0, 0.05) is 21.9 Å². The molecule has 1 atom stereocenters. The van der Waals surface area contributed by atoms with Crippen LogP contribution in [0.25, 0.3) is 20.7 Å². The summed E-state index contributed by atoms with van der Waals surface area (Å²) >= 11 is 7.76. The number of hydrogen-bond acceptors (Lipinski definition) is 6. The molecule has 3 N–H and O–H groups in total. The third-order valence-electron chi connectivity index (χ3n) is 5.06. The molecular formula is C22H21ClN3O4PS. The van der Waals surface area contributed by atoms with Crippen molar-refractivity contribution in [3.8, 4) is 16.2 Å². The summed E-state index contributed by atoms with van der Waals surface area (Å²) in [6, 6.07) is 14.8. The first-order valence-corrected chi connectivity index (χ1v) is 12.6. The maximum Gasteiger partial charge on any atom is 0.347 e. The van der Waals surface area contributed by atoms with Gasteiger partial charge in [-0.15, -0.1) is 11.3 Å². The molecule has 2 aromatic carbocycles. The van der Waals surface area contributed by atoms with Crippen molar-refractivity contribution >= 4 is 46.6 Å². The summed E-state index contributed by atoms with van der Waals surface area (Å²) in [5.74, 6) is -0.0910. The lowest BCUT2D eigenvalue weighted by atomic mass is 10.1. The Bertz CT molecular complexity index is 1310. The highest BCUT2D eigenvalue weighted by molar-refractivity contribution is 7.52. The van der Waals surface area contributed by atoms with Crippen LogP contribution < -0.4 is 10.1 Å². The number of nitrogens with zero attached hydrogens (tertiary/aromatic N) is 2. The summed E-state index contributed by atoms with van der Waals surface area (Å²) in [7, 11) is -2.87. The third kappa shape index (κ3) is 4.80. The summed E-state index contributed by atoms with van der Waals surface area (Å²) in [5.41, 5.74) is 2.53. The first kappa shape index (κ1) is 22.7. The van der Waals surface area contributed by atoms with Gasteiger partial charge in [-0.1, -0.05) is 41.9 Å². The SMILES string of the molecule is COc1cc(C)c(Cl)cc1-c1cc2c(NC(Cc3ccccc3)P(=O)(O)O)ncnc2s1. The fourth-order valence-corrected chi connectivity index (χ4v) is 5.29. The Balaban J connectivity index is 1.74. The number of aromatic nitrogens is 2. The van der Waals surface area contributed by atoms with Crippen LogP contribution in [0.4, 0.5) is 5.82 Å². The summed E-state index contributed by atoms with van der Waals surface area (Å²) in [5, 5.41) is 4.24. The zero-order valence-corrected chi connectivity index (χ0v) is 19.8. The molecule has 0 aliphatic heterocycles. The molecule has 0 saturated heterocycles. The fourth-order valence-electron chi connectivity index (χ4n) is 3.37. The van der Waals surface area contributed by atoms with Crippen LogP contribution >= 0.6 is 30.5 Å². The lowest BCUT2D eigenvalue weighted by molar-refractivity contribution is 0.361. The van der Waals surface area contributed by atoms with Gasteiger partial charge in [0.1, 0.15) is 28.5 Å². The van der Waals surface area contributed by atoms with Crippen molar-refractivity contribution in [1.82, 2.24) is 9.97 Å². The quantitative estimate of drug-likeness (QED) is 0.295. The van der Waals surface area contributed by atoms with Gasteiger partial charge in [0.15, 0.2) is 0 Å². The number of hydrogen-bond donors (Lipinski definition) is 3. The van der Waals surface area contributed by atoms with Gasteiger partial charge < -0.3 is 19.8 Å². The molecule has 2 aromatic heterocycles. The average Bonchev–Trinajstić information content (AvgIpc) is 3.20. The molecule has 0 radical (unpaired) electrons. The minimum Gasteiger partial charge on any atom is -0.496 e. The van der Waals surface area contributed by atoms with E-state index < -0.39 is 13.4 Å². The van der Waals surface area contributed by atoms with Crippen LogP contribution in [0.3, 0.4) is 0 Å². The van der Waals surface area contributed by atoms with E-state index in [4.69, 9.17) is 16.3 Å². The highest BCUT2D eigenvalue weighted by Crippen LogP contribution is 2.45. The lowest BCUT2D eigenvalue weighted by Gasteiger charge is -2.20. The van der Waals surface area contributed by atoms with E-state index in [0.717, 1.165) is 21.6 Å². The lowest BCUT2D eigenvalue weighted by Crippen LogP contribution is -2.23. The predicted molar refractivity (Wildman–Crippen MR) is 129 cm³/mol. The van der Waals surface area contributed by atoms with E-state index in [2.05, 4.69) is 15.3 Å². The van der Waals surface area contributed by atoms with E-state index in [-0.39, 0.29) is 6.42 Å². The van der Waals surface area contributed by atoms with Crippen LogP contribution in [0, 0.1) is 6.92 Å². The highest BCUT2D eigenvalue weighted by Gasteiger charge is 2.30. The second kappa shape index (κ2) is 9.17. The molecule has 0 spiro atoms. The summed E-state index contributed by atoms with van der Waals surface area (Å²) in [6.07, 6.45) is 1.53. The molecular weight excluding hydrogens is 469 g/mol. The van der Waals surface area contributed by atoms with Gasteiger partial charge in [0.2, 0.25) is 0 Å². The van der Waals surface area contributed by atoms with Crippen molar-refractivity contribution in [2.45, 2.75) is 19.1 Å². The average molecular weight is 490 g/mol. The van der Waals surface area contributed by atoms with Gasteiger partial charge in [-0.2, -0.15) is 0 Å². The summed E-state index contributed by atoms with van der Waals surface area (Å²) in [4.78, 5) is 30.1. The summed E-state index contributed by atoms with van der Waals surface area (Å²) < 4.78 is 17.7. The van der Waals surface area contributed by atoms with Gasteiger partial charge in [-0.05, 0) is 36.2 Å². The van der Waals surface area contributed by atoms with Gasteiger partial charge in [0.25, 0.3) is 0 Å². The first-order chi connectivity index (χ1) is 15.3. The minimum atomic E-state index is -4.47. The van der Waals surface area contributed by atoms with E-state index in [0.29, 0.717) is 26.8 Å². The first-order valence-electron chi connectivity index (χ1n) is 9.71. The molecule has 0 amide bonds. The standard InChI is InChI=1S/C22H21ClN3O4PS/c1-13-8-18(30-2)15(10-17(13)23)19-11-16-21(24-12-25-22(16)32-19)26-20(31(27,28)29)9-14-6-4-3-5-7-14/h3-8,10-12,20H,9H2,1-2H3,(H,24,25,26)(H2,27,28,29). The number of aryl methyl sites for hydroxylation is 1. The second-order valence-corrected chi connectivity index (χ2v) is 10.5. The zero-order chi connectivity index (χ0) is 22.9. The number of benzene rings is 2. The zero-order valence-electron chi connectivity index (χ0n) is 17.3. The van der Waals surface area contributed by atoms with E-state index >= 15 is 0 Å². The Morgan fingerprint density at radius 2 is 1.94 bits per heavy atom. The number of nitrogens with one attached hydrogen (secondary N) is 1. The number of fused-ring (bicyclic) bond motifs is 1. The van der Waals surface area contributed by atoms with Crippen LogP contribution in [0.1, 0.15) is 11.1 Å². The van der Waals surface area contributed by atoms with Crippen LogP contribution in [-0.2, 0) is 11.0 Å². The third-order valence-corrected chi connectivity index (χ3v) is 7.66. The Morgan fingerprint density at radius 1 is 1.19 bits per heavy atom. The van der Waals surface area contributed by atoms with Crippen LogP contribution in [-0.4, -0.2) is 32.6 Å². The van der Waals surface area contributed by atoms with Crippen molar-refractivity contribution in [3.05, 3.63) is 71.0 Å². The van der Waals surface area contributed by atoms with Crippen molar-refractivity contribution in [3.63, 3.8) is 0 Å². The molecule has 166 valence electrons. The van der Waals surface area contributed by atoms with Crippen molar-refractivity contribution < 1.29 is 19.1 Å². The van der Waals surface area contributed by atoms with Crippen molar-refractivity contribution in [1.29, 1.82) is 0 Å². The molecule has 10 heteroatoms. The van der Waals surface area contributed by atoms with E-state index in [1.807, 2.05) is 55.5 Å². The smallest absolute Gasteiger partial charge is 0.347 e. The van der Waals surface area contributed by atoms with Gasteiger partial charge in [-0.25, -0.2) is 9.97 Å². The molecule has 1 unspecified atom stereocenters. The maximum absolute atomic E-state index is 12.2. The van der Waals surface area contributed by atoms with Crippen molar-refractivity contribution in [2.75, 3.05) is 12.4 Å². The normalized spacial score (nSPS) is 12.7. The van der Waals surface area contributed by atoms with E-state index in [9.17, 15) is 14.4 Å². The van der Waals surface area contributed by atoms with E-state index in [1.165, 1.54) is 17.7 Å². The second-order valence-electron chi connectivity index (χ2n) is 7.29. The number of methoxy groups -OCH3 is 1. The number of rotatable bonds is 7. The summed E-state index contributed by atoms with van der Waals surface area (Å²) in [6.45, 7) is 1.90. The fraction of sp³-hybridized carbons (Fsp3) is 0.182. The Hall–Kier alpha value is -2.48. The maximum atomic E-state index is 12.2. The molecule has 0 aliphatic carbocycles. The molecule has 7 nitrogen and oxygen atoms in total. The highest BCUT2D eigenvalue weighted by atomic mass is 35.5. The Labute approximate surface area is 194 Å². The molecule has 0 fully saturated rings. The Morgan fingerprint density at radius 3 is 2.62 bits per heavy atom. The molecule has 32 heavy (non-hydrogen) atoms. The van der Waals surface area contributed by atoms with Crippen LogP contribution in [0.5, 0.6) is 5.75 Å². The number of thiophene rings is 1. The minimum absolute atomic E-state index is 0.148. The number of halogens is 1. The van der Waals surface area contributed by atoms with Gasteiger partial charge in [0.05, 0.1) is 12.5 Å². The van der Waals surface area contributed by atoms with E-state index in [1.54, 1.807) is 7.11 Å². The predicted octanol–water partition coefficient (Wildman–Crippen LogP) is 5.49. The Kier molecular flexibility index (Phi) is 6.51. The number of anilines is 1. The molecule has 2 heterocycles. The molecule has 4 aromatic rings. The molecule has 0 saturated carbocycles. The van der Waals surface area contributed by atoms with Gasteiger partial charge >= 0.3 is 7.60 Å². The molecule has 0 bridgehead atoms. The van der Waals surface area contributed by atoms with Gasteiger partial charge in [-0.3, -0.25) is 4.57 Å². The molecule has 0 aliphatic rings. The van der Waals surface area contributed by atoms with Crippen LogP contribution in [0.15, 0.2) is 54.9 Å². The van der Waals surface area contributed by atoms with Crippen molar-refractivity contribution in [2.24, 2.45) is 0 Å². The topological polar surface area (TPSA) is 105 Å². The van der Waals surface area contributed by atoms with Crippen LogP contribution in [0.2, 0.25) is 5.02 Å².